The molecule has 1 atom stereocenters. The summed E-state index contributed by atoms with van der Waals surface area (Å²) in [5, 5.41) is 3.83. The van der Waals surface area contributed by atoms with E-state index in [2.05, 4.69) is 92.6 Å². The van der Waals surface area contributed by atoms with Crippen LogP contribution in [0.25, 0.3) is 0 Å². The fraction of sp³-hybridized carbons (Fsp3) is 0.276. The van der Waals surface area contributed by atoms with Gasteiger partial charge in [0.2, 0.25) is 0 Å². The topological polar surface area (TPSA) is 50.4 Å². The van der Waals surface area contributed by atoms with Crippen LogP contribution in [0.2, 0.25) is 0 Å². The molecule has 1 unspecified atom stereocenters. The predicted octanol–water partition coefficient (Wildman–Crippen LogP) is 7.05. The number of benzene rings is 3. The largest absolute Gasteiger partial charge is 0.400 e. The summed E-state index contributed by atoms with van der Waals surface area (Å²) >= 11 is 0. The number of hydrogen-bond donors (Lipinski definition) is 2. The molecule has 3 aromatic rings. The molecule has 0 aromatic heterocycles. The van der Waals surface area contributed by atoms with Crippen LogP contribution in [0.3, 0.4) is 0 Å². The molecule has 0 bridgehead atoms. The maximum Gasteiger partial charge on any atom is 0.0913 e. The van der Waals surface area contributed by atoms with Crippen molar-refractivity contribution in [3.05, 3.63) is 113 Å². The van der Waals surface area contributed by atoms with Gasteiger partial charge >= 0.3 is 0 Å². The standard InChI is InChI=1S/C29H35N3/c1-20(2)24-17-12-18-25(21(3)4)29(24)32-28(23-15-10-7-11-16-23)26(30)19-27(31-5)22-13-8-6-9-14-22/h6-21,28,32H,30H2,1-5H3. The van der Waals surface area contributed by atoms with E-state index in [4.69, 9.17) is 5.73 Å². The molecule has 3 nitrogen and oxygen atoms in total. The Bertz CT molecular complexity index is 1040. The summed E-state index contributed by atoms with van der Waals surface area (Å²) in [5.41, 5.74) is 14.3. The van der Waals surface area contributed by atoms with Crippen LogP contribution in [-0.4, -0.2) is 12.8 Å². The van der Waals surface area contributed by atoms with Crippen LogP contribution in [0.5, 0.6) is 0 Å². The first-order valence-corrected chi connectivity index (χ1v) is 11.4. The van der Waals surface area contributed by atoms with Gasteiger partial charge in [0.25, 0.3) is 0 Å². The van der Waals surface area contributed by atoms with E-state index in [1.165, 1.54) is 16.8 Å². The molecule has 3 N–H and O–H groups in total. The molecular weight excluding hydrogens is 390 g/mol. The molecule has 0 saturated carbocycles. The molecule has 32 heavy (non-hydrogen) atoms. The van der Waals surface area contributed by atoms with Crippen LogP contribution in [-0.2, 0) is 0 Å². The molecule has 3 aromatic carbocycles. The van der Waals surface area contributed by atoms with Gasteiger partial charge in [-0.15, -0.1) is 0 Å². The fourth-order valence-corrected chi connectivity index (χ4v) is 3.99. The van der Waals surface area contributed by atoms with E-state index in [0.717, 1.165) is 22.5 Å². The number of aliphatic imine (C=N–C) groups is 1. The van der Waals surface area contributed by atoms with Crippen molar-refractivity contribution in [3.8, 4) is 0 Å². The van der Waals surface area contributed by atoms with E-state index in [-0.39, 0.29) is 6.04 Å². The van der Waals surface area contributed by atoms with Crippen LogP contribution in [0.4, 0.5) is 5.69 Å². The summed E-state index contributed by atoms with van der Waals surface area (Å²) in [6.07, 6.45) is 1.99. The number of nitrogens with two attached hydrogens (primary N) is 1. The summed E-state index contributed by atoms with van der Waals surface area (Å²) < 4.78 is 0. The predicted molar refractivity (Wildman–Crippen MR) is 139 cm³/mol. The van der Waals surface area contributed by atoms with E-state index in [1.54, 1.807) is 0 Å². The Kier molecular flexibility index (Phi) is 7.88. The SMILES string of the molecule is CN=C(C=C(N)C(Nc1c(C(C)C)cccc1C(C)C)c1ccccc1)c1ccccc1. The molecule has 0 fully saturated rings. The molecule has 0 aliphatic heterocycles. The lowest BCUT2D eigenvalue weighted by atomic mass is 9.91. The number of nitrogens with one attached hydrogen (secondary N) is 1. The first kappa shape index (κ1) is 23.3. The van der Waals surface area contributed by atoms with Crippen LogP contribution in [0, 0.1) is 0 Å². The summed E-state index contributed by atoms with van der Waals surface area (Å²) in [5.74, 6) is 0.796. The van der Waals surface area contributed by atoms with Crippen molar-refractivity contribution in [3.63, 3.8) is 0 Å². The van der Waals surface area contributed by atoms with Crippen molar-refractivity contribution in [1.29, 1.82) is 0 Å². The average Bonchev–Trinajstić information content (AvgIpc) is 2.81. The van der Waals surface area contributed by atoms with Gasteiger partial charge in [0.05, 0.1) is 11.8 Å². The average molecular weight is 426 g/mol. The highest BCUT2D eigenvalue weighted by Gasteiger charge is 2.21. The Morgan fingerprint density at radius 1 is 0.781 bits per heavy atom. The maximum absolute atomic E-state index is 6.78. The highest BCUT2D eigenvalue weighted by molar-refractivity contribution is 6.09. The minimum atomic E-state index is -0.172. The lowest BCUT2D eigenvalue weighted by molar-refractivity contribution is 0.815. The third kappa shape index (κ3) is 5.47. The molecule has 0 radical (unpaired) electrons. The van der Waals surface area contributed by atoms with Crippen LogP contribution in [0.1, 0.15) is 67.8 Å². The van der Waals surface area contributed by atoms with Gasteiger partial charge in [0.15, 0.2) is 0 Å². The van der Waals surface area contributed by atoms with Gasteiger partial charge in [0, 0.05) is 18.4 Å². The van der Waals surface area contributed by atoms with Crippen LogP contribution >= 0.6 is 0 Å². The zero-order valence-electron chi connectivity index (χ0n) is 19.8. The number of nitrogens with zero attached hydrogens (tertiary/aromatic N) is 1. The van der Waals surface area contributed by atoms with Crippen LogP contribution in [0.15, 0.2) is 95.6 Å². The molecule has 0 saturated heterocycles. The van der Waals surface area contributed by atoms with Gasteiger partial charge in [-0.05, 0) is 40.2 Å². The maximum atomic E-state index is 6.78. The van der Waals surface area contributed by atoms with E-state index < -0.39 is 0 Å². The monoisotopic (exact) mass is 425 g/mol. The molecule has 166 valence electrons. The second-order valence-corrected chi connectivity index (χ2v) is 8.73. The molecule has 0 aliphatic carbocycles. The van der Waals surface area contributed by atoms with E-state index in [0.29, 0.717) is 11.8 Å². The molecule has 0 aliphatic rings. The van der Waals surface area contributed by atoms with E-state index in [1.807, 2.05) is 37.4 Å². The molecule has 3 heteroatoms. The number of anilines is 1. The summed E-state index contributed by atoms with van der Waals surface area (Å²) in [4.78, 5) is 4.51. The number of rotatable bonds is 8. The highest BCUT2D eigenvalue weighted by Crippen LogP contribution is 2.36. The first-order valence-electron chi connectivity index (χ1n) is 11.4. The highest BCUT2D eigenvalue weighted by atomic mass is 15.0. The Morgan fingerprint density at radius 2 is 1.31 bits per heavy atom. The van der Waals surface area contributed by atoms with Crippen molar-refractivity contribution < 1.29 is 0 Å². The number of allylic oxidation sites excluding steroid dienone is 1. The van der Waals surface area contributed by atoms with Gasteiger partial charge in [-0.3, -0.25) is 4.99 Å². The van der Waals surface area contributed by atoms with E-state index >= 15 is 0 Å². The minimum absolute atomic E-state index is 0.172. The molecular formula is C29H35N3. The van der Waals surface area contributed by atoms with Crippen molar-refractivity contribution in [1.82, 2.24) is 0 Å². The summed E-state index contributed by atoms with van der Waals surface area (Å²) in [6.45, 7) is 8.94. The van der Waals surface area contributed by atoms with Crippen molar-refractivity contribution >= 4 is 11.4 Å². The van der Waals surface area contributed by atoms with Crippen molar-refractivity contribution in [2.45, 2.75) is 45.6 Å². The lowest BCUT2D eigenvalue weighted by Crippen LogP contribution is -2.22. The Labute approximate surface area is 193 Å². The van der Waals surface area contributed by atoms with Gasteiger partial charge in [-0.2, -0.15) is 0 Å². The van der Waals surface area contributed by atoms with E-state index in [9.17, 15) is 0 Å². The van der Waals surface area contributed by atoms with Gasteiger partial charge in [0.1, 0.15) is 0 Å². The lowest BCUT2D eigenvalue weighted by Gasteiger charge is -2.27. The Hall–Kier alpha value is -3.33. The third-order valence-electron chi connectivity index (χ3n) is 5.74. The van der Waals surface area contributed by atoms with Gasteiger partial charge in [-0.25, -0.2) is 0 Å². The normalized spacial score (nSPS) is 13.5. The minimum Gasteiger partial charge on any atom is -0.400 e. The van der Waals surface area contributed by atoms with Gasteiger partial charge < -0.3 is 11.1 Å². The van der Waals surface area contributed by atoms with Crippen molar-refractivity contribution in [2.75, 3.05) is 12.4 Å². The van der Waals surface area contributed by atoms with Crippen molar-refractivity contribution in [2.24, 2.45) is 10.7 Å². The zero-order valence-corrected chi connectivity index (χ0v) is 19.8. The Morgan fingerprint density at radius 3 is 1.81 bits per heavy atom. The first-order chi connectivity index (χ1) is 15.4. The smallest absolute Gasteiger partial charge is 0.0913 e. The summed E-state index contributed by atoms with van der Waals surface area (Å²) in [6, 6.07) is 27.0. The molecule has 0 heterocycles. The summed E-state index contributed by atoms with van der Waals surface area (Å²) in [7, 11) is 1.81. The molecule has 0 amide bonds. The number of para-hydroxylation sites is 1. The molecule has 3 rings (SSSR count). The quantitative estimate of drug-likeness (QED) is 0.380. The second kappa shape index (κ2) is 10.8. The van der Waals surface area contributed by atoms with Gasteiger partial charge in [-0.1, -0.05) is 107 Å². The second-order valence-electron chi connectivity index (χ2n) is 8.73. The zero-order chi connectivity index (χ0) is 23.1. The number of hydrogen-bond acceptors (Lipinski definition) is 3. The van der Waals surface area contributed by atoms with Crippen LogP contribution < -0.4 is 11.1 Å². The molecule has 0 spiro atoms. The Balaban J connectivity index is 2.10. The third-order valence-corrected chi connectivity index (χ3v) is 5.74. The fourth-order valence-electron chi connectivity index (χ4n) is 3.99.